The normalized spacial score (nSPS) is 11.9. The summed E-state index contributed by atoms with van der Waals surface area (Å²) >= 11 is 0. The van der Waals surface area contributed by atoms with E-state index in [0.29, 0.717) is 19.6 Å². The molecular weight excluding hydrogens is 260 g/mol. The largest absolute Gasteiger partial charge is 0.481 e. The van der Waals surface area contributed by atoms with Gasteiger partial charge < -0.3 is 15.7 Å². The predicted octanol–water partition coefficient (Wildman–Crippen LogP) is 0.992. The molecule has 0 saturated carbocycles. The number of rotatable bonds is 8. The van der Waals surface area contributed by atoms with Crippen molar-refractivity contribution in [3.63, 3.8) is 0 Å². The molecule has 1 rings (SSSR count). The lowest BCUT2D eigenvalue weighted by Gasteiger charge is -2.14. The van der Waals surface area contributed by atoms with Crippen LogP contribution in [0.1, 0.15) is 25.3 Å². The number of carbonyl (C=O) groups is 2. The molecule has 1 heterocycles. The van der Waals surface area contributed by atoms with Gasteiger partial charge in [-0.15, -0.1) is 0 Å². The third kappa shape index (κ3) is 6.21. The van der Waals surface area contributed by atoms with E-state index in [-0.39, 0.29) is 18.4 Å². The van der Waals surface area contributed by atoms with Crippen LogP contribution in [0.15, 0.2) is 12.4 Å². The van der Waals surface area contributed by atoms with Crippen LogP contribution in [0.2, 0.25) is 0 Å². The number of hydrogen-bond acceptors (Lipinski definition) is 3. The summed E-state index contributed by atoms with van der Waals surface area (Å²) in [6, 6.07) is -0.280. The van der Waals surface area contributed by atoms with Crippen molar-refractivity contribution in [2.45, 2.75) is 33.2 Å². The molecule has 1 atom stereocenters. The molecule has 7 heteroatoms. The van der Waals surface area contributed by atoms with E-state index in [2.05, 4.69) is 15.7 Å². The van der Waals surface area contributed by atoms with Gasteiger partial charge in [0.05, 0.1) is 12.7 Å². The lowest BCUT2D eigenvalue weighted by Crippen LogP contribution is -2.39. The number of urea groups is 1. The van der Waals surface area contributed by atoms with Crippen LogP contribution in [0.3, 0.4) is 0 Å². The Morgan fingerprint density at radius 2 is 2.20 bits per heavy atom. The number of carboxylic acid groups (broad SMARTS) is 1. The Labute approximate surface area is 118 Å². The molecule has 3 N–H and O–H groups in total. The van der Waals surface area contributed by atoms with Crippen molar-refractivity contribution in [1.29, 1.82) is 0 Å². The van der Waals surface area contributed by atoms with Crippen LogP contribution < -0.4 is 10.6 Å². The molecule has 2 amide bonds. The molecule has 1 aromatic heterocycles. The standard InChI is InChI=1S/C13H22N4O3/c1-3-11(6-12(18)19)8-15-13(20)14-4-5-17-9-10(2)7-16-17/h7,9,11H,3-6,8H2,1-2H3,(H,18,19)(H2,14,15,20). The first-order valence-corrected chi connectivity index (χ1v) is 6.73. The molecule has 112 valence electrons. The summed E-state index contributed by atoms with van der Waals surface area (Å²) in [6.45, 7) is 5.32. The third-order valence-corrected chi connectivity index (χ3v) is 2.98. The molecule has 0 aliphatic carbocycles. The first kappa shape index (κ1) is 16.0. The molecule has 20 heavy (non-hydrogen) atoms. The van der Waals surface area contributed by atoms with E-state index in [1.807, 2.05) is 20.0 Å². The summed E-state index contributed by atoms with van der Waals surface area (Å²) < 4.78 is 1.76. The number of nitrogens with zero attached hydrogens (tertiary/aromatic N) is 2. The zero-order valence-electron chi connectivity index (χ0n) is 11.9. The maximum Gasteiger partial charge on any atom is 0.314 e. The lowest BCUT2D eigenvalue weighted by molar-refractivity contribution is -0.138. The van der Waals surface area contributed by atoms with E-state index in [9.17, 15) is 9.59 Å². The zero-order chi connectivity index (χ0) is 15.0. The maximum absolute atomic E-state index is 11.5. The molecule has 0 aliphatic heterocycles. The molecule has 0 saturated heterocycles. The van der Waals surface area contributed by atoms with Crippen molar-refractivity contribution in [1.82, 2.24) is 20.4 Å². The van der Waals surface area contributed by atoms with Gasteiger partial charge in [0.2, 0.25) is 0 Å². The molecule has 0 aromatic carbocycles. The molecular formula is C13H22N4O3. The number of hydrogen-bond donors (Lipinski definition) is 3. The van der Waals surface area contributed by atoms with Crippen LogP contribution in [-0.4, -0.2) is 40.0 Å². The van der Waals surface area contributed by atoms with Gasteiger partial charge in [0.1, 0.15) is 0 Å². The number of nitrogens with one attached hydrogen (secondary N) is 2. The summed E-state index contributed by atoms with van der Waals surface area (Å²) in [5.41, 5.74) is 1.08. The van der Waals surface area contributed by atoms with Gasteiger partial charge in [-0.2, -0.15) is 5.10 Å². The first-order chi connectivity index (χ1) is 9.51. The van der Waals surface area contributed by atoms with E-state index in [0.717, 1.165) is 12.0 Å². The van der Waals surface area contributed by atoms with Gasteiger partial charge in [-0.05, 0) is 18.4 Å². The summed E-state index contributed by atoms with van der Waals surface area (Å²) in [6.07, 6.45) is 4.46. The van der Waals surface area contributed by atoms with Crippen LogP contribution in [0.4, 0.5) is 4.79 Å². The molecule has 1 aromatic rings. The number of carboxylic acids is 1. The lowest BCUT2D eigenvalue weighted by atomic mass is 10.0. The quantitative estimate of drug-likeness (QED) is 0.662. The van der Waals surface area contributed by atoms with Crippen LogP contribution in [0.5, 0.6) is 0 Å². The van der Waals surface area contributed by atoms with E-state index >= 15 is 0 Å². The summed E-state index contributed by atoms with van der Waals surface area (Å²) in [7, 11) is 0. The second-order valence-corrected chi connectivity index (χ2v) is 4.79. The Morgan fingerprint density at radius 1 is 1.45 bits per heavy atom. The number of carbonyl (C=O) groups excluding carboxylic acids is 1. The Morgan fingerprint density at radius 3 is 2.75 bits per heavy atom. The number of aromatic nitrogens is 2. The third-order valence-electron chi connectivity index (χ3n) is 2.98. The zero-order valence-corrected chi connectivity index (χ0v) is 11.9. The van der Waals surface area contributed by atoms with E-state index < -0.39 is 5.97 Å². The van der Waals surface area contributed by atoms with Gasteiger partial charge in [-0.3, -0.25) is 9.48 Å². The highest BCUT2D eigenvalue weighted by molar-refractivity contribution is 5.74. The van der Waals surface area contributed by atoms with Gasteiger partial charge in [0, 0.05) is 25.7 Å². The van der Waals surface area contributed by atoms with Crippen molar-refractivity contribution < 1.29 is 14.7 Å². The second kappa shape index (κ2) is 8.19. The van der Waals surface area contributed by atoms with Gasteiger partial charge in [-0.25, -0.2) is 4.79 Å². The van der Waals surface area contributed by atoms with E-state index in [4.69, 9.17) is 5.11 Å². The highest BCUT2D eigenvalue weighted by atomic mass is 16.4. The Kier molecular flexibility index (Phi) is 6.55. The van der Waals surface area contributed by atoms with Gasteiger partial charge in [0.25, 0.3) is 0 Å². The molecule has 0 radical (unpaired) electrons. The fraction of sp³-hybridized carbons (Fsp3) is 0.615. The van der Waals surface area contributed by atoms with Crippen molar-refractivity contribution in [3.8, 4) is 0 Å². The van der Waals surface area contributed by atoms with Crippen LogP contribution in [0, 0.1) is 12.8 Å². The Bertz CT molecular complexity index is 445. The topological polar surface area (TPSA) is 96.3 Å². The molecule has 0 fully saturated rings. The minimum atomic E-state index is -0.840. The molecule has 7 nitrogen and oxygen atoms in total. The van der Waals surface area contributed by atoms with Crippen molar-refractivity contribution in [3.05, 3.63) is 18.0 Å². The van der Waals surface area contributed by atoms with Crippen molar-refractivity contribution in [2.75, 3.05) is 13.1 Å². The molecule has 1 unspecified atom stereocenters. The number of aliphatic carboxylic acids is 1. The summed E-state index contributed by atoms with van der Waals surface area (Å²) in [5, 5.41) is 18.2. The smallest absolute Gasteiger partial charge is 0.314 e. The van der Waals surface area contributed by atoms with Crippen LogP contribution in [0.25, 0.3) is 0 Å². The van der Waals surface area contributed by atoms with E-state index in [1.54, 1.807) is 10.9 Å². The van der Waals surface area contributed by atoms with Crippen molar-refractivity contribution >= 4 is 12.0 Å². The minimum absolute atomic E-state index is 0.0352. The summed E-state index contributed by atoms with van der Waals surface area (Å²) in [5.74, 6) is -0.875. The average molecular weight is 282 g/mol. The van der Waals surface area contributed by atoms with Gasteiger partial charge in [-0.1, -0.05) is 13.3 Å². The Hall–Kier alpha value is -2.05. The second-order valence-electron chi connectivity index (χ2n) is 4.79. The highest BCUT2D eigenvalue weighted by Gasteiger charge is 2.12. The first-order valence-electron chi connectivity index (χ1n) is 6.73. The number of amides is 2. The predicted molar refractivity (Wildman–Crippen MR) is 74.4 cm³/mol. The maximum atomic E-state index is 11.5. The SMILES string of the molecule is CCC(CNC(=O)NCCn1cc(C)cn1)CC(=O)O. The molecule has 0 bridgehead atoms. The highest BCUT2D eigenvalue weighted by Crippen LogP contribution is 2.06. The average Bonchev–Trinajstić information content (AvgIpc) is 2.80. The van der Waals surface area contributed by atoms with Gasteiger partial charge in [0.15, 0.2) is 0 Å². The molecule has 0 spiro atoms. The Balaban J connectivity index is 2.18. The van der Waals surface area contributed by atoms with E-state index in [1.165, 1.54) is 0 Å². The van der Waals surface area contributed by atoms with Gasteiger partial charge >= 0.3 is 12.0 Å². The summed E-state index contributed by atoms with van der Waals surface area (Å²) in [4.78, 5) is 22.2. The fourth-order valence-corrected chi connectivity index (χ4v) is 1.78. The number of aryl methyl sites for hydroxylation is 1. The van der Waals surface area contributed by atoms with Crippen molar-refractivity contribution in [2.24, 2.45) is 5.92 Å². The van der Waals surface area contributed by atoms with Crippen LogP contribution in [-0.2, 0) is 11.3 Å². The van der Waals surface area contributed by atoms with Crippen LogP contribution >= 0.6 is 0 Å². The monoisotopic (exact) mass is 282 g/mol. The molecule has 0 aliphatic rings. The minimum Gasteiger partial charge on any atom is -0.481 e. The fourth-order valence-electron chi connectivity index (χ4n) is 1.78.